The van der Waals surface area contributed by atoms with E-state index in [-0.39, 0.29) is 11.1 Å². The lowest BCUT2D eigenvalue weighted by atomic mass is 10.3. The van der Waals surface area contributed by atoms with E-state index in [0.29, 0.717) is 29.0 Å². The number of aromatic amines is 1. The summed E-state index contributed by atoms with van der Waals surface area (Å²) in [6.45, 7) is 1.22. The Morgan fingerprint density at radius 1 is 1.25 bits per heavy atom. The van der Waals surface area contributed by atoms with Gasteiger partial charge >= 0.3 is 0 Å². The van der Waals surface area contributed by atoms with Crippen LogP contribution in [0.15, 0.2) is 38.3 Å². The van der Waals surface area contributed by atoms with Crippen LogP contribution in [-0.4, -0.2) is 30.2 Å². The molecule has 124 valence electrons. The van der Waals surface area contributed by atoms with Crippen LogP contribution in [0.5, 0.6) is 0 Å². The Balaban J connectivity index is 0.000000254. The number of methoxy groups -OCH3 is 1. The van der Waals surface area contributed by atoms with Crippen molar-refractivity contribution in [2.75, 3.05) is 25.6 Å². The van der Waals surface area contributed by atoms with Gasteiger partial charge in [-0.05, 0) is 44.0 Å². The molecule has 0 amide bonds. The van der Waals surface area contributed by atoms with Crippen LogP contribution < -0.4 is 10.9 Å². The predicted octanol–water partition coefficient (Wildman–Crippen LogP) is 2.78. The lowest BCUT2D eigenvalue weighted by Crippen LogP contribution is -2.09. The number of halogens is 2. The summed E-state index contributed by atoms with van der Waals surface area (Å²) in [5.74, 6) is 0.591. The monoisotopic (exact) mass is 453 g/mol. The molecular formula is C15H13Br2N5O2. The molecule has 7 nitrogen and oxygen atoms in total. The average Bonchev–Trinajstić information content (AvgIpc) is 2.59. The van der Waals surface area contributed by atoms with Crippen molar-refractivity contribution in [3.8, 4) is 12.1 Å². The zero-order valence-corrected chi connectivity index (χ0v) is 15.8. The van der Waals surface area contributed by atoms with Gasteiger partial charge in [-0.1, -0.05) is 0 Å². The summed E-state index contributed by atoms with van der Waals surface area (Å²) in [7, 11) is 1.63. The van der Waals surface area contributed by atoms with Crippen molar-refractivity contribution in [2.45, 2.75) is 0 Å². The molecule has 2 N–H and O–H groups in total. The summed E-state index contributed by atoms with van der Waals surface area (Å²) >= 11 is 6.37. The van der Waals surface area contributed by atoms with Gasteiger partial charge in [-0.2, -0.15) is 10.5 Å². The maximum atomic E-state index is 10.7. The van der Waals surface area contributed by atoms with Gasteiger partial charge in [0.25, 0.3) is 5.56 Å². The number of hydrogen-bond acceptors (Lipinski definition) is 6. The SMILES string of the molecule is COCCNc1ncc(Br)cc1C#N.N#Cc1cc(Br)c[nH]c1=O. The van der Waals surface area contributed by atoms with Crippen molar-refractivity contribution in [1.29, 1.82) is 10.5 Å². The van der Waals surface area contributed by atoms with E-state index in [4.69, 9.17) is 15.3 Å². The molecule has 0 aliphatic heterocycles. The fourth-order valence-electron chi connectivity index (χ4n) is 1.48. The van der Waals surface area contributed by atoms with Crippen molar-refractivity contribution in [3.63, 3.8) is 0 Å². The van der Waals surface area contributed by atoms with Crippen LogP contribution in [0.2, 0.25) is 0 Å². The van der Waals surface area contributed by atoms with E-state index in [1.807, 2.05) is 0 Å². The van der Waals surface area contributed by atoms with E-state index in [2.05, 4.69) is 53.2 Å². The van der Waals surface area contributed by atoms with E-state index in [1.54, 1.807) is 25.4 Å². The molecule has 0 saturated carbocycles. The number of hydrogen-bond donors (Lipinski definition) is 2. The first-order valence-corrected chi connectivity index (χ1v) is 8.17. The molecule has 2 heterocycles. The molecule has 24 heavy (non-hydrogen) atoms. The lowest BCUT2D eigenvalue weighted by Gasteiger charge is -2.06. The van der Waals surface area contributed by atoms with Crippen LogP contribution in [0, 0.1) is 22.7 Å². The number of H-pyrrole nitrogens is 1. The van der Waals surface area contributed by atoms with Crippen molar-refractivity contribution >= 4 is 37.7 Å². The standard InChI is InChI=1S/C9H10BrN3O.C6H3BrN2O/c1-14-3-2-12-9-7(5-11)4-8(10)6-13-9;7-5-1-4(2-8)6(10)9-3-5/h4,6H,2-3H2,1H3,(H,12,13);1,3H,(H,9,10). The number of rotatable bonds is 4. The molecule has 0 radical (unpaired) electrons. The fraction of sp³-hybridized carbons (Fsp3) is 0.200. The van der Waals surface area contributed by atoms with Crippen molar-refractivity contribution in [1.82, 2.24) is 9.97 Å². The number of nitriles is 2. The van der Waals surface area contributed by atoms with E-state index in [9.17, 15) is 4.79 Å². The van der Waals surface area contributed by atoms with Gasteiger partial charge in [0.05, 0.1) is 12.2 Å². The second-order valence-electron chi connectivity index (χ2n) is 4.25. The highest BCUT2D eigenvalue weighted by atomic mass is 79.9. The van der Waals surface area contributed by atoms with E-state index in [0.717, 1.165) is 4.47 Å². The molecule has 2 aromatic rings. The molecule has 2 aromatic heterocycles. The largest absolute Gasteiger partial charge is 0.383 e. The summed E-state index contributed by atoms with van der Waals surface area (Å²) in [6.07, 6.45) is 3.14. The maximum Gasteiger partial charge on any atom is 0.265 e. The third kappa shape index (κ3) is 6.50. The minimum atomic E-state index is -0.356. The fourth-order valence-corrected chi connectivity index (χ4v) is 2.15. The summed E-state index contributed by atoms with van der Waals surface area (Å²) < 4.78 is 6.37. The van der Waals surface area contributed by atoms with Gasteiger partial charge < -0.3 is 15.0 Å². The first kappa shape index (κ1) is 19.8. The smallest absolute Gasteiger partial charge is 0.265 e. The number of nitrogens with one attached hydrogen (secondary N) is 2. The van der Waals surface area contributed by atoms with Gasteiger partial charge in [-0.3, -0.25) is 4.79 Å². The van der Waals surface area contributed by atoms with Crippen LogP contribution in [-0.2, 0) is 4.74 Å². The topological polar surface area (TPSA) is 115 Å². The summed E-state index contributed by atoms with van der Waals surface area (Å²) in [6, 6.07) is 7.03. The molecule has 0 atom stereocenters. The molecule has 0 saturated heterocycles. The lowest BCUT2D eigenvalue weighted by molar-refractivity contribution is 0.210. The first-order chi connectivity index (χ1) is 11.5. The van der Waals surface area contributed by atoms with Gasteiger partial charge in [0.1, 0.15) is 23.5 Å². The third-order valence-corrected chi connectivity index (χ3v) is 3.45. The molecule has 0 fully saturated rings. The normalized spacial score (nSPS) is 9.21. The molecule has 0 spiro atoms. The second-order valence-corrected chi connectivity index (χ2v) is 6.08. The Hall–Kier alpha value is -2.20. The molecule has 0 bridgehead atoms. The van der Waals surface area contributed by atoms with Gasteiger partial charge in [0.2, 0.25) is 0 Å². The zero-order valence-electron chi connectivity index (χ0n) is 12.6. The highest BCUT2D eigenvalue weighted by Gasteiger charge is 2.02. The highest BCUT2D eigenvalue weighted by Crippen LogP contribution is 2.16. The Labute approximate surface area is 155 Å². The molecular weight excluding hydrogens is 442 g/mol. The van der Waals surface area contributed by atoms with Crippen LogP contribution in [0.4, 0.5) is 5.82 Å². The Morgan fingerprint density at radius 3 is 2.50 bits per heavy atom. The van der Waals surface area contributed by atoms with Crippen LogP contribution in [0.1, 0.15) is 11.1 Å². The van der Waals surface area contributed by atoms with E-state index >= 15 is 0 Å². The van der Waals surface area contributed by atoms with Gasteiger partial charge in [0, 0.05) is 35.0 Å². The number of nitrogens with zero attached hydrogens (tertiary/aromatic N) is 3. The quantitative estimate of drug-likeness (QED) is 0.686. The molecule has 0 unspecified atom stereocenters. The Bertz CT molecular complexity index is 824. The Kier molecular flexibility index (Phi) is 8.72. The number of pyridine rings is 2. The minimum Gasteiger partial charge on any atom is -0.383 e. The third-order valence-electron chi connectivity index (χ3n) is 2.56. The molecule has 0 aromatic carbocycles. The van der Waals surface area contributed by atoms with E-state index in [1.165, 1.54) is 12.3 Å². The summed E-state index contributed by atoms with van der Waals surface area (Å²) in [4.78, 5) is 17.2. The highest BCUT2D eigenvalue weighted by molar-refractivity contribution is 9.10. The molecule has 0 aliphatic rings. The molecule has 2 rings (SSSR count). The number of aromatic nitrogens is 2. The van der Waals surface area contributed by atoms with Crippen LogP contribution in [0.3, 0.4) is 0 Å². The van der Waals surface area contributed by atoms with Crippen LogP contribution in [0.25, 0.3) is 0 Å². The van der Waals surface area contributed by atoms with Crippen molar-refractivity contribution < 1.29 is 4.74 Å². The van der Waals surface area contributed by atoms with E-state index < -0.39 is 0 Å². The number of anilines is 1. The minimum absolute atomic E-state index is 0.120. The Morgan fingerprint density at radius 2 is 1.92 bits per heavy atom. The molecule has 9 heteroatoms. The summed E-state index contributed by atoms with van der Waals surface area (Å²) in [5.41, 5.74) is 0.288. The zero-order chi connectivity index (χ0) is 17.9. The predicted molar refractivity (Wildman–Crippen MR) is 96.5 cm³/mol. The summed E-state index contributed by atoms with van der Waals surface area (Å²) in [5, 5.41) is 20.2. The van der Waals surface area contributed by atoms with Crippen molar-refractivity contribution in [2.24, 2.45) is 0 Å². The van der Waals surface area contributed by atoms with Gasteiger partial charge in [-0.15, -0.1) is 0 Å². The second kappa shape index (κ2) is 10.6. The molecule has 0 aliphatic carbocycles. The van der Waals surface area contributed by atoms with Gasteiger partial charge in [0.15, 0.2) is 0 Å². The van der Waals surface area contributed by atoms with Gasteiger partial charge in [-0.25, -0.2) is 4.98 Å². The average molecular weight is 455 g/mol. The first-order valence-electron chi connectivity index (χ1n) is 6.58. The van der Waals surface area contributed by atoms with Crippen molar-refractivity contribution in [3.05, 3.63) is 55.0 Å². The number of ether oxygens (including phenoxy) is 1. The van der Waals surface area contributed by atoms with Crippen LogP contribution >= 0.6 is 31.9 Å². The maximum absolute atomic E-state index is 10.7.